The molecule has 2 aliphatic rings. The highest BCUT2D eigenvalue weighted by Gasteiger charge is 2.47. The summed E-state index contributed by atoms with van der Waals surface area (Å²) in [6.45, 7) is 1.78. The SMILES string of the molecule is CC12CCCC(=O)N1c1ccc(Cl)cc1C(=O)O2. The molecule has 0 spiro atoms. The first-order valence-electron chi connectivity index (χ1n) is 5.87. The topological polar surface area (TPSA) is 46.6 Å². The largest absolute Gasteiger partial charge is 0.435 e. The number of rotatable bonds is 0. The Kier molecular flexibility index (Phi) is 2.38. The molecular formula is C13H12ClNO3. The molecule has 1 aromatic rings. The van der Waals surface area contributed by atoms with Gasteiger partial charge in [0.25, 0.3) is 0 Å². The summed E-state index contributed by atoms with van der Waals surface area (Å²) in [5.41, 5.74) is 0.103. The van der Waals surface area contributed by atoms with Crippen LogP contribution < -0.4 is 4.90 Å². The van der Waals surface area contributed by atoms with Crippen LogP contribution in [0.4, 0.5) is 5.69 Å². The second-order valence-corrected chi connectivity index (χ2v) is 5.25. The molecule has 0 saturated carbocycles. The maximum absolute atomic E-state index is 12.1. The average Bonchev–Trinajstić information content (AvgIpc) is 2.29. The van der Waals surface area contributed by atoms with Crippen LogP contribution in [0.2, 0.25) is 5.02 Å². The molecule has 1 atom stereocenters. The van der Waals surface area contributed by atoms with Gasteiger partial charge in [0.2, 0.25) is 5.91 Å². The molecule has 1 fully saturated rings. The van der Waals surface area contributed by atoms with Crippen molar-refractivity contribution in [3.63, 3.8) is 0 Å². The molecule has 18 heavy (non-hydrogen) atoms. The van der Waals surface area contributed by atoms with E-state index in [0.29, 0.717) is 29.1 Å². The maximum Gasteiger partial charge on any atom is 0.342 e. The lowest BCUT2D eigenvalue weighted by Crippen LogP contribution is -2.58. The number of halogens is 1. The minimum atomic E-state index is -0.854. The molecule has 5 heteroatoms. The first-order chi connectivity index (χ1) is 8.51. The number of nitrogens with zero attached hydrogens (tertiary/aromatic N) is 1. The summed E-state index contributed by atoms with van der Waals surface area (Å²) in [5, 5.41) is 0.457. The van der Waals surface area contributed by atoms with E-state index in [1.165, 1.54) is 0 Å². The van der Waals surface area contributed by atoms with E-state index in [9.17, 15) is 9.59 Å². The van der Waals surface area contributed by atoms with E-state index in [1.807, 2.05) is 0 Å². The molecule has 0 N–H and O–H groups in total. The van der Waals surface area contributed by atoms with Crippen molar-refractivity contribution in [2.75, 3.05) is 4.90 Å². The number of hydrogen-bond acceptors (Lipinski definition) is 3. The highest BCUT2D eigenvalue weighted by atomic mass is 35.5. The predicted octanol–water partition coefficient (Wildman–Crippen LogP) is 2.74. The third-order valence-corrected chi connectivity index (χ3v) is 3.72. The van der Waals surface area contributed by atoms with Crippen LogP contribution in [0.3, 0.4) is 0 Å². The van der Waals surface area contributed by atoms with Crippen molar-refractivity contribution >= 4 is 29.2 Å². The monoisotopic (exact) mass is 265 g/mol. The summed E-state index contributed by atoms with van der Waals surface area (Å²) in [6, 6.07) is 4.93. The number of esters is 1. The summed E-state index contributed by atoms with van der Waals surface area (Å²) in [7, 11) is 0. The fraction of sp³-hybridized carbons (Fsp3) is 0.385. The zero-order chi connectivity index (χ0) is 12.9. The number of fused-ring (bicyclic) bond motifs is 3. The van der Waals surface area contributed by atoms with Gasteiger partial charge < -0.3 is 4.74 Å². The van der Waals surface area contributed by atoms with E-state index in [-0.39, 0.29) is 5.91 Å². The molecule has 1 aromatic carbocycles. The van der Waals surface area contributed by atoms with Crippen molar-refractivity contribution in [3.05, 3.63) is 28.8 Å². The number of amides is 1. The Morgan fingerprint density at radius 1 is 1.39 bits per heavy atom. The molecule has 0 aromatic heterocycles. The van der Waals surface area contributed by atoms with E-state index < -0.39 is 11.7 Å². The van der Waals surface area contributed by atoms with Gasteiger partial charge in [-0.15, -0.1) is 0 Å². The van der Waals surface area contributed by atoms with Gasteiger partial charge in [-0.2, -0.15) is 0 Å². The van der Waals surface area contributed by atoms with E-state index in [1.54, 1.807) is 30.0 Å². The lowest BCUT2D eigenvalue weighted by atomic mass is 9.94. The highest BCUT2D eigenvalue weighted by Crippen LogP contribution is 2.41. The van der Waals surface area contributed by atoms with E-state index in [2.05, 4.69) is 0 Å². The highest BCUT2D eigenvalue weighted by molar-refractivity contribution is 6.31. The lowest BCUT2D eigenvalue weighted by Gasteiger charge is -2.46. The minimum absolute atomic E-state index is 0.0141. The summed E-state index contributed by atoms with van der Waals surface area (Å²) in [4.78, 5) is 25.7. The van der Waals surface area contributed by atoms with Crippen LogP contribution in [0.25, 0.3) is 0 Å². The van der Waals surface area contributed by atoms with Gasteiger partial charge in [0.15, 0.2) is 5.72 Å². The van der Waals surface area contributed by atoms with Crippen molar-refractivity contribution in [3.8, 4) is 0 Å². The Morgan fingerprint density at radius 2 is 2.17 bits per heavy atom. The van der Waals surface area contributed by atoms with Gasteiger partial charge in [0.1, 0.15) is 0 Å². The normalized spacial score (nSPS) is 26.4. The number of hydrogen-bond donors (Lipinski definition) is 0. The number of benzene rings is 1. The van der Waals surface area contributed by atoms with Crippen LogP contribution in [0.15, 0.2) is 18.2 Å². The van der Waals surface area contributed by atoms with Crippen molar-refractivity contribution < 1.29 is 14.3 Å². The van der Waals surface area contributed by atoms with E-state index in [4.69, 9.17) is 16.3 Å². The van der Waals surface area contributed by atoms with E-state index in [0.717, 1.165) is 6.42 Å². The minimum Gasteiger partial charge on any atom is -0.435 e. The molecule has 1 amide bonds. The smallest absolute Gasteiger partial charge is 0.342 e. The first-order valence-corrected chi connectivity index (χ1v) is 6.25. The van der Waals surface area contributed by atoms with Crippen LogP contribution >= 0.6 is 11.6 Å². The van der Waals surface area contributed by atoms with Crippen molar-refractivity contribution in [2.45, 2.75) is 31.9 Å². The maximum atomic E-state index is 12.1. The summed E-state index contributed by atoms with van der Waals surface area (Å²) in [5.74, 6) is -0.430. The third kappa shape index (κ3) is 1.52. The van der Waals surface area contributed by atoms with Gasteiger partial charge in [-0.25, -0.2) is 4.79 Å². The van der Waals surface area contributed by atoms with Gasteiger partial charge in [-0.3, -0.25) is 9.69 Å². The molecule has 4 nitrogen and oxygen atoms in total. The Morgan fingerprint density at radius 3 is 2.94 bits per heavy atom. The van der Waals surface area contributed by atoms with Crippen molar-refractivity contribution in [1.82, 2.24) is 0 Å². The van der Waals surface area contributed by atoms with Crippen molar-refractivity contribution in [1.29, 1.82) is 0 Å². The Bertz CT molecular complexity index is 557. The summed E-state index contributed by atoms with van der Waals surface area (Å²) in [6.07, 6.45) is 1.88. The Hall–Kier alpha value is -1.55. The summed E-state index contributed by atoms with van der Waals surface area (Å²) < 4.78 is 5.44. The fourth-order valence-electron chi connectivity index (χ4n) is 2.66. The zero-order valence-corrected chi connectivity index (χ0v) is 10.7. The molecule has 0 aliphatic carbocycles. The van der Waals surface area contributed by atoms with Crippen molar-refractivity contribution in [2.24, 2.45) is 0 Å². The fourth-order valence-corrected chi connectivity index (χ4v) is 2.83. The second-order valence-electron chi connectivity index (χ2n) is 4.81. The van der Waals surface area contributed by atoms with Crippen LogP contribution in [0.1, 0.15) is 36.5 Å². The summed E-state index contributed by atoms with van der Waals surface area (Å²) >= 11 is 5.88. The standard InChI is InChI=1S/C13H12ClNO3/c1-13-6-2-3-11(16)15(13)10-5-4-8(14)7-9(10)12(17)18-13/h4-5,7H,2-3,6H2,1H3. The first kappa shape index (κ1) is 11.5. The van der Waals surface area contributed by atoms with Gasteiger partial charge in [0, 0.05) is 17.9 Å². The van der Waals surface area contributed by atoms with Crippen LogP contribution in [0.5, 0.6) is 0 Å². The van der Waals surface area contributed by atoms with E-state index >= 15 is 0 Å². The molecule has 2 heterocycles. The number of anilines is 1. The second kappa shape index (κ2) is 3.72. The third-order valence-electron chi connectivity index (χ3n) is 3.49. The number of carbonyl (C=O) groups is 2. The lowest BCUT2D eigenvalue weighted by molar-refractivity contribution is -0.127. The molecule has 3 rings (SSSR count). The number of carbonyl (C=O) groups excluding carboxylic acids is 2. The Labute approximate surface area is 109 Å². The molecule has 0 bridgehead atoms. The van der Waals surface area contributed by atoms with Crippen LogP contribution in [0, 0.1) is 0 Å². The van der Waals surface area contributed by atoms with Gasteiger partial charge in [-0.1, -0.05) is 11.6 Å². The Balaban J connectivity index is 2.19. The quantitative estimate of drug-likeness (QED) is 0.678. The molecular weight excluding hydrogens is 254 g/mol. The molecule has 1 unspecified atom stereocenters. The molecule has 0 radical (unpaired) electrons. The molecule has 94 valence electrons. The van der Waals surface area contributed by atoms with Gasteiger partial charge >= 0.3 is 5.97 Å². The van der Waals surface area contributed by atoms with Gasteiger partial charge in [0.05, 0.1) is 11.3 Å². The number of piperidine rings is 1. The number of ether oxygens (including phenoxy) is 1. The average molecular weight is 266 g/mol. The molecule has 1 saturated heterocycles. The predicted molar refractivity (Wildman–Crippen MR) is 66.6 cm³/mol. The molecule has 2 aliphatic heterocycles. The zero-order valence-electron chi connectivity index (χ0n) is 9.90. The van der Waals surface area contributed by atoms with Crippen LogP contribution in [-0.4, -0.2) is 17.6 Å². The van der Waals surface area contributed by atoms with Gasteiger partial charge in [-0.05, 0) is 31.5 Å². The van der Waals surface area contributed by atoms with Crippen LogP contribution in [-0.2, 0) is 9.53 Å².